The van der Waals surface area contributed by atoms with Crippen LogP contribution in [0.3, 0.4) is 0 Å². The first-order valence-corrected chi connectivity index (χ1v) is 9.22. The highest BCUT2D eigenvalue weighted by molar-refractivity contribution is 5.89. The van der Waals surface area contributed by atoms with Crippen molar-refractivity contribution in [2.75, 3.05) is 24.4 Å². The molecule has 1 aliphatic rings. The summed E-state index contributed by atoms with van der Waals surface area (Å²) in [6.45, 7) is 4.10. The van der Waals surface area contributed by atoms with Gasteiger partial charge in [-0.3, -0.25) is 0 Å². The first-order valence-electron chi connectivity index (χ1n) is 9.22. The number of methoxy groups -OCH3 is 1. The average molecular weight is 370 g/mol. The summed E-state index contributed by atoms with van der Waals surface area (Å²) in [6.07, 6.45) is 2.27. The van der Waals surface area contributed by atoms with Gasteiger partial charge >= 0.3 is 5.97 Å². The molecule has 3 rings (SSSR count). The lowest BCUT2D eigenvalue weighted by atomic mass is 10.1. The van der Waals surface area contributed by atoms with Crippen molar-refractivity contribution in [2.24, 2.45) is 5.92 Å². The molecule has 0 bridgehead atoms. The van der Waals surface area contributed by atoms with Gasteiger partial charge in [-0.1, -0.05) is 13.8 Å². The SMILES string of the molecule is COC(=O)c1ccc(Nc2cc(C3CC3)nc(N[C@@H](CO)C(C)C)n2)cc1. The van der Waals surface area contributed by atoms with Crippen molar-refractivity contribution in [3.8, 4) is 0 Å². The second-order valence-corrected chi connectivity index (χ2v) is 7.15. The van der Waals surface area contributed by atoms with Crippen molar-refractivity contribution >= 4 is 23.4 Å². The maximum atomic E-state index is 11.5. The number of hydrogen-bond acceptors (Lipinski definition) is 7. The Balaban J connectivity index is 1.80. The highest BCUT2D eigenvalue weighted by Gasteiger charge is 2.26. The summed E-state index contributed by atoms with van der Waals surface area (Å²) in [5.74, 6) is 1.56. The van der Waals surface area contributed by atoms with Gasteiger partial charge in [0.2, 0.25) is 5.95 Å². The number of nitrogens with zero attached hydrogens (tertiary/aromatic N) is 2. The van der Waals surface area contributed by atoms with Crippen LogP contribution in [0.15, 0.2) is 30.3 Å². The van der Waals surface area contributed by atoms with Crippen molar-refractivity contribution in [1.29, 1.82) is 0 Å². The standard InChI is InChI=1S/C20H26N4O3/c1-12(2)17(11-25)23-20-22-16(13-4-5-13)10-18(24-20)21-15-8-6-14(7-9-15)19(26)27-3/h6-10,12-13,17,25H,4-5,11H2,1-3H3,(H2,21,22,23,24)/t17-/m0/s1. The van der Waals surface area contributed by atoms with Gasteiger partial charge in [-0.05, 0) is 43.0 Å². The maximum absolute atomic E-state index is 11.5. The van der Waals surface area contributed by atoms with Gasteiger partial charge in [0.1, 0.15) is 5.82 Å². The number of ether oxygens (including phenoxy) is 1. The molecule has 7 nitrogen and oxygen atoms in total. The largest absolute Gasteiger partial charge is 0.465 e. The number of esters is 1. The van der Waals surface area contributed by atoms with Crippen LogP contribution < -0.4 is 10.6 Å². The summed E-state index contributed by atoms with van der Waals surface area (Å²) in [4.78, 5) is 20.7. The molecule has 0 radical (unpaired) electrons. The van der Waals surface area contributed by atoms with E-state index in [1.54, 1.807) is 12.1 Å². The van der Waals surface area contributed by atoms with E-state index in [1.807, 2.05) is 32.0 Å². The van der Waals surface area contributed by atoms with Crippen LogP contribution in [-0.2, 0) is 4.74 Å². The summed E-state index contributed by atoms with van der Waals surface area (Å²) in [5, 5.41) is 16.1. The first-order chi connectivity index (χ1) is 13.0. The molecule has 1 aromatic heterocycles. The van der Waals surface area contributed by atoms with E-state index in [0.717, 1.165) is 24.2 Å². The summed E-state index contributed by atoms with van der Waals surface area (Å²) in [6, 6.07) is 8.88. The third-order valence-electron chi connectivity index (χ3n) is 4.64. The Morgan fingerprint density at radius 2 is 1.96 bits per heavy atom. The number of aliphatic hydroxyl groups excluding tert-OH is 1. The lowest BCUT2D eigenvalue weighted by molar-refractivity contribution is 0.0601. The van der Waals surface area contributed by atoms with E-state index in [1.165, 1.54) is 7.11 Å². The fourth-order valence-corrected chi connectivity index (χ4v) is 2.73. The normalized spacial score (nSPS) is 14.7. The molecule has 1 saturated carbocycles. The van der Waals surface area contributed by atoms with Crippen molar-refractivity contribution in [2.45, 2.75) is 38.6 Å². The van der Waals surface area contributed by atoms with Crippen molar-refractivity contribution in [3.63, 3.8) is 0 Å². The molecule has 7 heteroatoms. The van der Waals surface area contributed by atoms with Crippen LogP contribution >= 0.6 is 0 Å². The molecular weight excluding hydrogens is 344 g/mol. The molecule has 0 amide bonds. The topological polar surface area (TPSA) is 96.4 Å². The van der Waals surface area contributed by atoms with Crippen LogP contribution in [0.5, 0.6) is 0 Å². The Kier molecular flexibility index (Phi) is 5.91. The van der Waals surface area contributed by atoms with Crippen molar-refractivity contribution in [3.05, 3.63) is 41.6 Å². The number of hydrogen-bond donors (Lipinski definition) is 3. The number of aromatic nitrogens is 2. The number of anilines is 3. The summed E-state index contributed by atoms with van der Waals surface area (Å²) >= 11 is 0. The lowest BCUT2D eigenvalue weighted by Crippen LogP contribution is -2.30. The summed E-state index contributed by atoms with van der Waals surface area (Å²) in [7, 11) is 1.36. The van der Waals surface area contributed by atoms with Gasteiger partial charge in [0.05, 0.1) is 31.0 Å². The lowest BCUT2D eigenvalue weighted by Gasteiger charge is -2.20. The van der Waals surface area contributed by atoms with Gasteiger partial charge in [-0.15, -0.1) is 0 Å². The molecule has 0 aliphatic heterocycles. The Morgan fingerprint density at radius 3 is 2.52 bits per heavy atom. The van der Waals surface area contributed by atoms with Gasteiger partial charge in [0, 0.05) is 17.7 Å². The molecule has 1 atom stereocenters. The van der Waals surface area contributed by atoms with Gasteiger partial charge in [-0.25, -0.2) is 9.78 Å². The van der Waals surface area contributed by atoms with Crippen LogP contribution in [0, 0.1) is 5.92 Å². The van der Waals surface area contributed by atoms with Crippen molar-refractivity contribution < 1.29 is 14.6 Å². The molecule has 0 spiro atoms. The minimum Gasteiger partial charge on any atom is -0.465 e. The summed E-state index contributed by atoms with van der Waals surface area (Å²) < 4.78 is 4.72. The van der Waals surface area contributed by atoms with Gasteiger partial charge in [0.15, 0.2) is 0 Å². The van der Waals surface area contributed by atoms with Gasteiger partial charge < -0.3 is 20.5 Å². The van der Waals surface area contributed by atoms with Crippen LogP contribution in [-0.4, -0.2) is 40.8 Å². The third-order valence-corrected chi connectivity index (χ3v) is 4.64. The molecular formula is C20H26N4O3. The fraction of sp³-hybridized carbons (Fsp3) is 0.450. The second-order valence-electron chi connectivity index (χ2n) is 7.15. The molecule has 2 aromatic rings. The predicted octanol–water partition coefficient (Wildman–Crippen LogP) is 3.31. The van der Waals surface area contributed by atoms with Crippen LogP contribution in [0.25, 0.3) is 0 Å². The minimum absolute atomic E-state index is 0.0203. The number of carbonyl (C=O) groups is 1. The molecule has 1 fully saturated rings. The Hall–Kier alpha value is -2.67. The van der Waals surface area contributed by atoms with E-state index in [4.69, 9.17) is 4.74 Å². The second kappa shape index (κ2) is 8.35. The maximum Gasteiger partial charge on any atom is 0.337 e. The molecule has 144 valence electrons. The molecule has 0 unspecified atom stereocenters. The van der Waals surface area contributed by atoms with Crippen LogP contribution in [0.2, 0.25) is 0 Å². The quantitative estimate of drug-likeness (QED) is 0.613. The molecule has 1 heterocycles. The van der Waals surface area contributed by atoms with Gasteiger partial charge in [-0.2, -0.15) is 4.98 Å². The van der Waals surface area contributed by atoms with E-state index in [2.05, 4.69) is 20.6 Å². The Morgan fingerprint density at radius 1 is 1.26 bits per heavy atom. The molecule has 1 aromatic carbocycles. The van der Waals surface area contributed by atoms with Gasteiger partial charge in [0.25, 0.3) is 0 Å². The smallest absolute Gasteiger partial charge is 0.337 e. The minimum atomic E-state index is -0.366. The number of aliphatic hydroxyl groups is 1. The Bertz CT molecular complexity index is 788. The number of rotatable bonds is 8. The highest BCUT2D eigenvalue weighted by atomic mass is 16.5. The Labute approximate surface area is 159 Å². The summed E-state index contributed by atoms with van der Waals surface area (Å²) in [5.41, 5.74) is 2.31. The first kappa shape index (κ1) is 19.1. The van der Waals surface area contributed by atoms with E-state index < -0.39 is 0 Å². The third kappa shape index (κ3) is 4.95. The predicted molar refractivity (Wildman–Crippen MR) is 104 cm³/mol. The van der Waals surface area contributed by atoms with Crippen LogP contribution in [0.1, 0.15) is 48.7 Å². The molecule has 0 saturated heterocycles. The zero-order chi connectivity index (χ0) is 19.4. The van der Waals surface area contributed by atoms with E-state index >= 15 is 0 Å². The molecule has 3 N–H and O–H groups in total. The number of carbonyl (C=O) groups excluding carboxylic acids is 1. The van der Waals surface area contributed by atoms with E-state index in [0.29, 0.717) is 23.2 Å². The van der Waals surface area contributed by atoms with E-state index in [9.17, 15) is 9.90 Å². The van der Waals surface area contributed by atoms with E-state index in [-0.39, 0.29) is 24.5 Å². The molecule has 27 heavy (non-hydrogen) atoms. The number of benzene rings is 1. The molecule has 1 aliphatic carbocycles. The highest BCUT2D eigenvalue weighted by Crippen LogP contribution is 2.40. The number of nitrogens with one attached hydrogen (secondary N) is 2. The monoisotopic (exact) mass is 370 g/mol. The van der Waals surface area contributed by atoms with Crippen LogP contribution in [0.4, 0.5) is 17.5 Å². The zero-order valence-electron chi connectivity index (χ0n) is 15.9. The average Bonchev–Trinajstić information content (AvgIpc) is 3.51. The zero-order valence-corrected chi connectivity index (χ0v) is 15.9. The fourth-order valence-electron chi connectivity index (χ4n) is 2.73. The van der Waals surface area contributed by atoms with Crippen molar-refractivity contribution in [1.82, 2.24) is 9.97 Å².